The van der Waals surface area contributed by atoms with Crippen LogP contribution in [0.4, 0.5) is 5.69 Å². The molecule has 190 valence electrons. The van der Waals surface area contributed by atoms with Crippen LogP contribution >= 0.6 is 0 Å². The number of hydrogen-bond acceptors (Lipinski definition) is 4. The Balaban J connectivity index is 2.07. The van der Waals surface area contributed by atoms with Crippen molar-refractivity contribution in [2.24, 2.45) is 0 Å². The number of hydrogen-bond donors (Lipinski definition) is 1. The Morgan fingerprint density at radius 1 is 0.889 bits per heavy atom. The van der Waals surface area contributed by atoms with Crippen molar-refractivity contribution in [2.45, 2.75) is 45.2 Å². The van der Waals surface area contributed by atoms with E-state index in [0.717, 1.165) is 26.6 Å². The number of likely N-dealkylation sites (N-methyl/N-ethyl adjacent to an activating group) is 1. The number of benzene rings is 3. The van der Waals surface area contributed by atoms with Gasteiger partial charge in [-0.15, -0.1) is 0 Å². The van der Waals surface area contributed by atoms with Gasteiger partial charge >= 0.3 is 0 Å². The van der Waals surface area contributed by atoms with Gasteiger partial charge in [-0.1, -0.05) is 60.2 Å². The number of anilines is 1. The summed E-state index contributed by atoms with van der Waals surface area (Å²) in [5.74, 6) is -0.814. The zero-order valence-electron chi connectivity index (χ0n) is 21.4. The number of carbonyl (C=O) groups is 2. The molecule has 0 aliphatic carbocycles. The van der Waals surface area contributed by atoms with Gasteiger partial charge in [0, 0.05) is 13.6 Å². The zero-order valence-corrected chi connectivity index (χ0v) is 22.2. The lowest BCUT2D eigenvalue weighted by Crippen LogP contribution is -2.50. The summed E-state index contributed by atoms with van der Waals surface area (Å²) >= 11 is 0. The molecule has 0 spiro atoms. The van der Waals surface area contributed by atoms with Crippen LogP contribution in [0.5, 0.6) is 0 Å². The number of rotatable bonds is 9. The minimum atomic E-state index is -4.08. The van der Waals surface area contributed by atoms with E-state index in [2.05, 4.69) is 5.32 Å². The Bertz CT molecular complexity index is 1320. The standard InChI is InChI=1S/C28H33N3O4S/c1-20-14-16-25(17-15-20)36(34,35)31(26-13-9-10-21(2)22(26)3)19-27(32)30(23(4)28(33)29-5)18-24-11-7-6-8-12-24/h6-17,23H,18-19H2,1-5H3,(H,29,33)/t23-/m1/s1. The van der Waals surface area contributed by atoms with Crippen LogP contribution in [0.3, 0.4) is 0 Å². The molecule has 0 saturated heterocycles. The van der Waals surface area contributed by atoms with Crippen LogP contribution in [0.1, 0.15) is 29.2 Å². The maximum atomic E-state index is 13.9. The molecule has 0 radical (unpaired) electrons. The van der Waals surface area contributed by atoms with Crippen molar-refractivity contribution in [3.63, 3.8) is 0 Å². The second kappa shape index (κ2) is 11.4. The molecule has 0 heterocycles. The van der Waals surface area contributed by atoms with Gasteiger partial charge in [-0.2, -0.15) is 0 Å². The number of aryl methyl sites for hydroxylation is 2. The topological polar surface area (TPSA) is 86.8 Å². The minimum absolute atomic E-state index is 0.0933. The number of nitrogens with one attached hydrogen (secondary N) is 1. The molecule has 0 fully saturated rings. The average molecular weight is 508 g/mol. The van der Waals surface area contributed by atoms with E-state index in [-0.39, 0.29) is 17.3 Å². The van der Waals surface area contributed by atoms with Crippen molar-refractivity contribution in [1.82, 2.24) is 10.2 Å². The molecule has 1 N–H and O–H groups in total. The van der Waals surface area contributed by atoms with Crippen LogP contribution in [0, 0.1) is 20.8 Å². The lowest BCUT2D eigenvalue weighted by atomic mass is 10.1. The van der Waals surface area contributed by atoms with Gasteiger partial charge in [-0.3, -0.25) is 13.9 Å². The first-order valence-corrected chi connectivity index (χ1v) is 13.2. The normalized spacial score (nSPS) is 12.0. The summed E-state index contributed by atoms with van der Waals surface area (Å²) in [6.07, 6.45) is 0. The van der Waals surface area contributed by atoms with Gasteiger partial charge < -0.3 is 10.2 Å². The highest BCUT2D eigenvalue weighted by Gasteiger charge is 2.33. The lowest BCUT2D eigenvalue weighted by molar-refractivity contribution is -0.139. The minimum Gasteiger partial charge on any atom is -0.357 e. The molecule has 0 saturated carbocycles. The van der Waals surface area contributed by atoms with Crippen LogP contribution < -0.4 is 9.62 Å². The summed E-state index contributed by atoms with van der Waals surface area (Å²) < 4.78 is 28.9. The van der Waals surface area contributed by atoms with Crippen molar-refractivity contribution < 1.29 is 18.0 Å². The summed E-state index contributed by atoms with van der Waals surface area (Å²) in [5.41, 5.74) is 3.85. The molecule has 1 atom stereocenters. The van der Waals surface area contributed by atoms with Crippen LogP contribution in [0.15, 0.2) is 77.7 Å². The third-order valence-electron chi connectivity index (χ3n) is 6.34. The predicted octanol–water partition coefficient (Wildman–Crippen LogP) is 3.97. The van der Waals surface area contributed by atoms with Crippen LogP contribution in [0.2, 0.25) is 0 Å². The smallest absolute Gasteiger partial charge is 0.264 e. The van der Waals surface area contributed by atoms with Gasteiger partial charge in [-0.25, -0.2) is 8.42 Å². The second-order valence-electron chi connectivity index (χ2n) is 8.84. The fourth-order valence-electron chi connectivity index (χ4n) is 3.93. The summed E-state index contributed by atoms with van der Waals surface area (Å²) in [6, 6.07) is 20.4. The fourth-order valence-corrected chi connectivity index (χ4v) is 5.40. The first-order valence-electron chi connectivity index (χ1n) is 11.8. The highest BCUT2D eigenvalue weighted by molar-refractivity contribution is 7.92. The molecule has 7 nitrogen and oxygen atoms in total. The maximum absolute atomic E-state index is 13.9. The molecule has 3 aromatic carbocycles. The quantitative estimate of drug-likeness (QED) is 0.475. The lowest BCUT2D eigenvalue weighted by Gasteiger charge is -2.32. The van der Waals surface area contributed by atoms with Gasteiger partial charge in [0.05, 0.1) is 10.6 Å². The Hall–Kier alpha value is -3.65. The molecular weight excluding hydrogens is 474 g/mol. The van der Waals surface area contributed by atoms with E-state index in [0.29, 0.717) is 5.69 Å². The molecule has 8 heteroatoms. The largest absolute Gasteiger partial charge is 0.357 e. The van der Waals surface area contributed by atoms with Gasteiger partial charge in [0.2, 0.25) is 11.8 Å². The molecule has 0 unspecified atom stereocenters. The molecule has 0 aromatic heterocycles. The monoisotopic (exact) mass is 507 g/mol. The highest BCUT2D eigenvalue weighted by Crippen LogP contribution is 2.29. The second-order valence-corrected chi connectivity index (χ2v) is 10.7. The van der Waals surface area contributed by atoms with E-state index < -0.39 is 28.5 Å². The molecule has 2 amide bonds. The van der Waals surface area contributed by atoms with Crippen molar-refractivity contribution in [3.05, 3.63) is 95.1 Å². The van der Waals surface area contributed by atoms with Crippen molar-refractivity contribution in [3.8, 4) is 0 Å². The van der Waals surface area contributed by atoms with Crippen LogP contribution in [-0.4, -0.2) is 44.8 Å². The molecular formula is C28H33N3O4S. The summed E-state index contributed by atoms with van der Waals surface area (Å²) in [7, 11) is -2.57. The zero-order chi connectivity index (χ0) is 26.5. The average Bonchev–Trinajstić information content (AvgIpc) is 2.87. The molecule has 3 rings (SSSR count). The van der Waals surface area contributed by atoms with E-state index in [4.69, 9.17) is 0 Å². The van der Waals surface area contributed by atoms with Crippen molar-refractivity contribution >= 4 is 27.5 Å². The van der Waals surface area contributed by atoms with Crippen LogP contribution in [-0.2, 0) is 26.2 Å². The van der Waals surface area contributed by atoms with E-state index >= 15 is 0 Å². The Labute approximate surface area is 213 Å². The van der Waals surface area contributed by atoms with E-state index in [9.17, 15) is 18.0 Å². The number of amides is 2. The Morgan fingerprint density at radius 3 is 2.14 bits per heavy atom. The van der Waals surface area contributed by atoms with Crippen molar-refractivity contribution in [1.29, 1.82) is 0 Å². The van der Waals surface area contributed by atoms with Crippen LogP contribution in [0.25, 0.3) is 0 Å². The summed E-state index contributed by atoms with van der Waals surface area (Å²) in [4.78, 5) is 27.8. The number of carbonyl (C=O) groups excluding carboxylic acids is 2. The number of nitrogens with zero attached hydrogens (tertiary/aromatic N) is 2. The van der Waals surface area contributed by atoms with Gasteiger partial charge in [-0.05, 0) is 62.6 Å². The van der Waals surface area contributed by atoms with Crippen molar-refractivity contribution in [2.75, 3.05) is 17.9 Å². The SMILES string of the molecule is CNC(=O)[C@@H](C)N(Cc1ccccc1)C(=O)CN(c1cccc(C)c1C)S(=O)(=O)c1ccc(C)cc1. The first kappa shape index (κ1) is 26.9. The van der Waals surface area contributed by atoms with E-state index in [1.165, 1.54) is 11.9 Å². The predicted molar refractivity (Wildman–Crippen MR) is 142 cm³/mol. The maximum Gasteiger partial charge on any atom is 0.264 e. The molecule has 36 heavy (non-hydrogen) atoms. The third kappa shape index (κ3) is 5.94. The van der Waals surface area contributed by atoms with Gasteiger partial charge in [0.1, 0.15) is 12.6 Å². The summed E-state index contributed by atoms with van der Waals surface area (Å²) in [6.45, 7) is 6.96. The Kier molecular flexibility index (Phi) is 8.53. The highest BCUT2D eigenvalue weighted by atomic mass is 32.2. The first-order chi connectivity index (χ1) is 17.1. The summed E-state index contributed by atoms with van der Waals surface area (Å²) in [5, 5.41) is 2.58. The third-order valence-corrected chi connectivity index (χ3v) is 8.12. The van der Waals surface area contributed by atoms with E-state index in [1.807, 2.05) is 57.2 Å². The Morgan fingerprint density at radius 2 is 1.53 bits per heavy atom. The molecule has 0 aliphatic rings. The molecule has 0 bridgehead atoms. The van der Waals surface area contributed by atoms with Gasteiger partial charge in [0.15, 0.2) is 0 Å². The number of sulfonamides is 1. The van der Waals surface area contributed by atoms with E-state index in [1.54, 1.807) is 43.3 Å². The fraction of sp³-hybridized carbons (Fsp3) is 0.286. The molecule has 0 aliphatic heterocycles. The molecule has 3 aromatic rings. The van der Waals surface area contributed by atoms with Gasteiger partial charge in [0.25, 0.3) is 10.0 Å².